The van der Waals surface area contributed by atoms with E-state index in [4.69, 9.17) is 19.9 Å². The zero-order valence-electron chi connectivity index (χ0n) is 24.2. The van der Waals surface area contributed by atoms with Gasteiger partial charge < -0.3 is 19.9 Å². The van der Waals surface area contributed by atoms with Crippen LogP contribution in [-0.4, -0.2) is 37.9 Å². The van der Waals surface area contributed by atoms with Crippen molar-refractivity contribution in [1.29, 1.82) is 5.26 Å². The van der Waals surface area contributed by atoms with E-state index < -0.39 is 58.6 Å². The second kappa shape index (κ2) is 12.3. The molecule has 0 radical (unpaired) electrons. The maximum Gasteiger partial charge on any atom is 0.344 e. The fourth-order valence-electron chi connectivity index (χ4n) is 4.76. The van der Waals surface area contributed by atoms with Crippen LogP contribution in [-0.2, 0) is 4.74 Å². The number of pyridine rings is 1. The van der Waals surface area contributed by atoms with Crippen LogP contribution in [0, 0.1) is 17.1 Å². The molecule has 1 aliphatic heterocycles. The van der Waals surface area contributed by atoms with Crippen LogP contribution in [0.15, 0.2) is 101 Å². The van der Waals surface area contributed by atoms with Crippen molar-refractivity contribution in [2.75, 3.05) is 5.73 Å². The number of benzene rings is 3. The van der Waals surface area contributed by atoms with Crippen molar-refractivity contribution in [1.82, 2.24) is 14.1 Å². The second-order valence-corrected chi connectivity index (χ2v) is 10.0. The molecule has 0 saturated carbocycles. The van der Waals surface area contributed by atoms with Gasteiger partial charge in [-0.05, 0) is 36.4 Å². The third-order valence-electron chi connectivity index (χ3n) is 7.04. The van der Waals surface area contributed by atoms with Gasteiger partial charge >= 0.3 is 23.6 Å². The van der Waals surface area contributed by atoms with Gasteiger partial charge in [0.2, 0.25) is 23.8 Å². The average Bonchev–Trinajstić information content (AvgIpc) is 3.42. The van der Waals surface area contributed by atoms with E-state index in [1.165, 1.54) is 36.4 Å². The monoisotopic (exact) mass is 647 g/mol. The predicted octanol–water partition coefficient (Wildman–Crippen LogP) is 2.84. The maximum atomic E-state index is 14.8. The number of anilines is 1. The molecular weight excluding hydrogens is 629 g/mol. The van der Waals surface area contributed by atoms with Crippen molar-refractivity contribution >= 4 is 29.5 Å². The van der Waals surface area contributed by atoms with Gasteiger partial charge in [-0.3, -0.25) is 14.2 Å². The van der Waals surface area contributed by atoms with Crippen LogP contribution in [0.5, 0.6) is 11.8 Å². The highest BCUT2D eigenvalue weighted by Gasteiger charge is 2.34. The Bertz CT molecular complexity index is 2350. The van der Waals surface area contributed by atoms with E-state index in [2.05, 4.69) is 4.98 Å². The second-order valence-electron chi connectivity index (χ2n) is 10.0. The Hall–Kier alpha value is -7.21. The van der Waals surface area contributed by atoms with Crippen LogP contribution in [0.1, 0.15) is 58.8 Å². The van der Waals surface area contributed by atoms with Gasteiger partial charge in [-0.25, -0.2) is 19.2 Å². The minimum atomic E-state index is -1.59. The molecular formula is C33H18FN5O9. The number of nitrogen functional groups attached to an aromatic ring is 1. The Balaban J connectivity index is 1.30. The first-order chi connectivity index (χ1) is 23.1. The molecule has 0 aliphatic carbocycles. The summed E-state index contributed by atoms with van der Waals surface area (Å²) in [7, 11) is 0. The lowest BCUT2D eigenvalue weighted by molar-refractivity contribution is 0.0303. The number of nitrogens with zero attached hydrogens (tertiary/aromatic N) is 4. The smallest absolute Gasteiger partial charge is 0.344 e. The molecule has 0 saturated heterocycles. The van der Waals surface area contributed by atoms with E-state index in [1.54, 1.807) is 36.4 Å². The minimum absolute atomic E-state index is 0.00481. The lowest BCUT2D eigenvalue weighted by Gasteiger charge is -2.16. The number of esters is 3. The third kappa shape index (κ3) is 5.56. The molecule has 6 rings (SSSR count). The fourth-order valence-corrected chi connectivity index (χ4v) is 4.76. The molecule has 5 aromatic rings. The summed E-state index contributed by atoms with van der Waals surface area (Å²) in [5.41, 5.74) is 2.17. The van der Waals surface area contributed by atoms with Crippen molar-refractivity contribution < 1.29 is 37.8 Å². The molecule has 1 unspecified atom stereocenters. The van der Waals surface area contributed by atoms with Gasteiger partial charge in [0.15, 0.2) is 0 Å². The van der Waals surface area contributed by atoms with Crippen molar-refractivity contribution in [3.63, 3.8) is 0 Å². The van der Waals surface area contributed by atoms with Gasteiger partial charge in [-0.2, -0.15) is 19.2 Å². The molecule has 3 heterocycles. The molecule has 236 valence electrons. The first-order valence-corrected chi connectivity index (χ1v) is 13.8. The Morgan fingerprint density at radius 1 is 0.875 bits per heavy atom. The number of nitrogens with two attached hydrogens (primary N) is 1. The highest BCUT2D eigenvalue weighted by atomic mass is 19.1. The number of nitriles is 1. The van der Waals surface area contributed by atoms with Crippen molar-refractivity contribution in [2.45, 2.75) is 6.23 Å². The van der Waals surface area contributed by atoms with Crippen molar-refractivity contribution in [2.24, 2.45) is 0 Å². The van der Waals surface area contributed by atoms with Crippen LogP contribution in [0.25, 0.3) is 0 Å². The highest BCUT2D eigenvalue weighted by Crippen LogP contribution is 2.31. The van der Waals surface area contributed by atoms with Gasteiger partial charge in [-0.15, -0.1) is 0 Å². The molecule has 1 aliphatic rings. The number of ether oxygens (including phenoxy) is 3. The molecule has 3 aromatic carbocycles. The summed E-state index contributed by atoms with van der Waals surface area (Å²) < 4.78 is 31.1. The van der Waals surface area contributed by atoms with Gasteiger partial charge in [-0.1, -0.05) is 42.5 Å². The molecule has 0 spiro atoms. The Labute approximate surface area is 267 Å². The average molecular weight is 648 g/mol. The van der Waals surface area contributed by atoms with E-state index in [0.717, 1.165) is 18.2 Å². The normalized spacial score (nSPS) is 13.2. The maximum absolute atomic E-state index is 14.8. The first kappa shape index (κ1) is 30.8. The van der Waals surface area contributed by atoms with Crippen LogP contribution in [0.3, 0.4) is 0 Å². The van der Waals surface area contributed by atoms with E-state index in [0.29, 0.717) is 10.8 Å². The van der Waals surface area contributed by atoms with Crippen LogP contribution in [0.2, 0.25) is 0 Å². The fraction of sp³-hybridized carbons (Fsp3) is 0.0303. The molecule has 14 nitrogen and oxygen atoms in total. The van der Waals surface area contributed by atoms with Crippen LogP contribution >= 0.6 is 0 Å². The summed E-state index contributed by atoms with van der Waals surface area (Å²) in [5, 5.41) is 9.58. The Morgan fingerprint density at radius 3 is 2.29 bits per heavy atom. The molecule has 2 aromatic heterocycles. The highest BCUT2D eigenvalue weighted by molar-refractivity contribution is 5.99. The van der Waals surface area contributed by atoms with Gasteiger partial charge in [0, 0.05) is 17.2 Å². The summed E-state index contributed by atoms with van der Waals surface area (Å²) >= 11 is 0. The Kier molecular flexibility index (Phi) is 7.89. The predicted molar refractivity (Wildman–Crippen MR) is 161 cm³/mol. The molecule has 2 N–H and O–H groups in total. The minimum Gasteiger partial charge on any atom is -0.433 e. The number of rotatable bonds is 6. The van der Waals surface area contributed by atoms with E-state index in [9.17, 15) is 38.4 Å². The lowest BCUT2D eigenvalue weighted by atomic mass is 10.1. The number of carbonyl (C=O) groups excluding carboxylic acids is 4. The summed E-state index contributed by atoms with van der Waals surface area (Å²) in [6, 6.07) is 21.2. The zero-order chi connectivity index (χ0) is 34.1. The molecule has 0 fully saturated rings. The SMILES string of the molecule is N#Cc1c(N)cc(OC(=O)c2ccccc2)nc1OC(=O)c1cccc(C(=O)n2c(=O)c(F)cn(C3OC(=O)c4ccccc43)c2=O)c1. The van der Waals surface area contributed by atoms with E-state index >= 15 is 0 Å². The summed E-state index contributed by atoms with van der Waals surface area (Å²) in [6.07, 6.45) is -0.937. The number of aromatic nitrogens is 3. The van der Waals surface area contributed by atoms with Gasteiger partial charge in [0.05, 0.1) is 28.6 Å². The zero-order valence-corrected chi connectivity index (χ0v) is 24.2. The van der Waals surface area contributed by atoms with Crippen LogP contribution < -0.4 is 26.5 Å². The quantitative estimate of drug-likeness (QED) is 0.264. The van der Waals surface area contributed by atoms with Crippen LogP contribution in [0.4, 0.5) is 10.1 Å². The molecule has 15 heteroatoms. The standard InChI is InChI=1S/C33H18FN5O9/c34-23-16-38(29-20-11-4-5-12-21(20)32(44)48-29)33(45)39(28(23)41)27(40)18-9-6-10-19(13-18)31(43)47-26-22(15-35)24(36)14-25(37-26)46-30(42)17-7-2-1-3-8-17/h1-14,16,29H,(H2,36,37). The number of hydrogen-bond donors (Lipinski definition) is 1. The first-order valence-electron chi connectivity index (χ1n) is 13.8. The third-order valence-corrected chi connectivity index (χ3v) is 7.04. The summed E-state index contributed by atoms with van der Waals surface area (Å²) in [6.45, 7) is 0. The largest absolute Gasteiger partial charge is 0.433 e. The van der Waals surface area contributed by atoms with Crippen molar-refractivity contribution in [3.8, 4) is 17.8 Å². The molecule has 1 atom stereocenters. The topological polar surface area (TPSA) is 203 Å². The molecule has 48 heavy (non-hydrogen) atoms. The van der Waals surface area contributed by atoms with Gasteiger partial charge in [0.1, 0.15) is 11.6 Å². The number of carbonyl (C=O) groups is 4. The van der Waals surface area contributed by atoms with E-state index in [-0.39, 0.29) is 44.0 Å². The van der Waals surface area contributed by atoms with E-state index in [1.807, 2.05) is 0 Å². The summed E-state index contributed by atoms with van der Waals surface area (Å²) in [5.74, 6) is -6.60. The number of hydrogen-bond acceptors (Lipinski definition) is 12. The van der Waals surface area contributed by atoms with Gasteiger partial charge in [0.25, 0.3) is 11.5 Å². The van der Waals surface area contributed by atoms with Crippen molar-refractivity contribution in [3.05, 3.63) is 151 Å². The lowest BCUT2D eigenvalue weighted by Crippen LogP contribution is -2.46. The molecule has 0 amide bonds. The number of cyclic esters (lactones) is 1. The Morgan fingerprint density at radius 2 is 1.54 bits per heavy atom. The number of halogens is 1. The summed E-state index contributed by atoms with van der Waals surface area (Å²) in [4.78, 5) is 81.4. The molecule has 0 bridgehead atoms. The number of fused-ring (bicyclic) bond motifs is 1.